The predicted molar refractivity (Wildman–Crippen MR) is 88.3 cm³/mol. The van der Waals surface area contributed by atoms with Gasteiger partial charge in [-0.25, -0.2) is 0 Å². The fourth-order valence-electron chi connectivity index (χ4n) is 5.20. The van der Waals surface area contributed by atoms with Gasteiger partial charge in [0.1, 0.15) is 0 Å². The normalized spacial score (nSPS) is 37.7. The zero-order valence-corrected chi connectivity index (χ0v) is 14.1. The maximum atomic E-state index is 9.97. The number of likely N-dealkylation sites (tertiary alicyclic amines) is 1. The lowest BCUT2D eigenvalue weighted by Crippen LogP contribution is -2.48. The molecule has 1 heterocycles. The molecule has 3 aliphatic rings. The molecule has 1 saturated heterocycles. The summed E-state index contributed by atoms with van der Waals surface area (Å²) < 4.78 is 0. The number of nitrogens with zero attached hydrogens (tertiary/aromatic N) is 1. The molecule has 1 aliphatic heterocycles. The van der Waals surface area contributed by atoms with Crippen LogP contribution >= 0.6 is 0 Å². The summed E-state index contributed by atoms with van der Waals surface area (Å²) >= 11 is 0. The molecule has 0 radical (unpaired) electrons. The van der Waals surface area contributed by atoms with Crippen molar-refractivity contribution in [3.05, 3.63) is 0 Å². The van der Waals surface area contributed by atoms with Gasteiger partial charge in [0, 0.05) is 18.6 Å². The van der Waals surface area contributed by atoms with Crippen LogP contribution in [-0.4, -0.2) is 36.2 Å². The Hall–Kier alpha value is -0.0800. The van der Waals surface area contributed by atoms with Gasteiger partial charge in [0.25, 0.3) is 0 Å². The second kappa shape index (κ2) is 6.58. The van der Waals surface area contributed by atoms with Gasteiger partial charge in [-0.15, -0.1) is 0 Å². The summed E-state index contributed by atoms with van der Waals surface area (Å²) in [5.74, 6) is 0.872. The third-order valence-corrected chi connectivity index (χ3v) is 7.06. The molecule has 2 heteroatoms. The van der Waals surface area contributed by atoms with Crippen molar-refractivity contribution >= 4 is 0 Å². The molecule has 2 nitrogen and oxygen atoms in total. The molecule has 0 atom stereocenters. The number of aliphatic hydroxyl groups is 1. The van der Waals surface area contributed by atoms with Crippen molar-refractivity contribution in [1.82, 2.24) is 4.90 Å². The van der Waals surface area contributed by atoms with Gasteiger partial charge >= 0.3 is 0 Å². The Morgan fingerprint density at radius 1 is 0.905 bits per heavy atom. The Morgan fingerprint density at radius 3 is 2.10 bits per heavy atom. The number of hydrogen-bond acceptors (Lipinski definition) is 2. The highest BCUT2D eigenvalue weighted by Crippen LogP contribution is 2.46. The van der Waals surface area contributed by atoms with Crippen LogP contribution in [0.25, 0.3) is 0 Å². The molecule has 0 bridgehead atoms. The van der Waals surface area contributed by atoms with Gasteiger partial charge < -0.3 is 10.0 Å². The lowest BCUT2D eigenvalue weighted by atomic mass is 9.67. The lowest BCUT2D eigenvalue weighted by molar-refractivity contribution is -0.00154. The molecular formula is C19H35NO. The third kappa shape index (κ3) is 3.64. The molecule has 2 saturated carbocycles. The van der Waals surface area contributed by atoms with Gasteiger partial charge in [-0.2, -0.15) is 0 Å². The molecule has 21 heavy (non-hydrogen) atoms. The minimum atomic E-state index is 0.226. The first-order valence-corrected chi connectivity index (χ1v) is 9.49. The van der Waals surface area contributed by atoms with Crippen LogP contribution in [0.3, 0.4) is 0 Å². The standard InChI is InChI=1S/C19H35NO/c1-17-5-9-19(16-21,10-6-17)15-20-13-11-18(12-14-20)7-3-2-4-8-18/h17,21H,2-16H2,1H3. The summed E-state index contributed by atoms with van der Waals surface area (Å²) in [6.07, 6.45) is 15.4. The predicted octanol–water partition coefficient (Wildman–Crippen LogP) is 4.22. The van der Waals surface area contributed by atoms with E-state index in [4.69, 9.17) is 0 Å². The molecule has 122 valence electrons. The summed E-state index contributed by atoms with van der Waals surface area (Å²) in [5.41, 5.74) is 0.936. The smallest absolute Gasteiger partial charge is 0.0499 e. The molecule has 0 amide bonds. The minimum absolute atomic E-state index is 0.226. The van der Waals surface area contributed by atoms with E-state index < -0.39 is 0 Å². The van der Waals surface area contributed by atoms with Gasteiger partial charge in [-0.05, 0) is 62.9 Å². The molecule has 0 aromatic rings. The highest BCUT2D eigenvalue weighted by molar-refractivity contribution is 4.92. The number of rotatable bonds is 3. The molecule has 3 rings (SSSR count). The van der Waals surface area contributed by atoms with E-state index in [9.17, 15) is 5.11 Å². The topological polar surface area (TPSA) is 23.5 Å². The van der Waals surface area contributed by atoms with Crippen LogP contribution in [0, 0.1) is 16.7 Å². The van der Waals surface area contributed by atoms with Gasteiger partial charge in [-0.1, -0.05) is 39.0 Å². The summed E-state index contributed by atoms with van der Waals surface area (Å²) in [4.78, 5) is 2.69. The van der Waals surface area contributed by atoms with Crippen molar-refractivity contribution in [3.8, 4) is 0 Å². The van der Waals surface area contributed by atoms with Crippen LogP contribution in [0.1, 0.15) is 77.6 Å². The molecule has 0 aromatic carbocycles. The molecule has 0 unspecified atom stereocenters. The average Bonchev–Trinajstić information content (AvgIpc) is 2.53. The first kappa shape index (κ1) is 15.8. The SMILES string of the molecule is CC1CCC(CO)(CN2CCC3(CCCCC3)CC2)CC1. The number of aliphatic hydroxyl groups excluding tert-OH is 1. The molecule has 1 N–H and O–H groups in total. The Balaban J connectivity index is 1.52. The van der Waals surface area contributed by atoms with Gasteiger partial charge in [0.05, 0.1) is 0 Å². The van der Waals surface area contributed by atoms with Gasteiger partial charge in [0.15, 0.2) is 0 Å². The van der Waals surface area contributed by atoms with Crippen LogP contribution in [0.5, 0.6) is 0 Å². The van der Waals surface area contributed by atoms with Crippen molar-refractivity contribution in [2.75, 3.05) is 26.2 Å². The maximum absolute atomic E-state index is 9.97. The zero-order chi connectivity index (χ0) is 14.8. The van der Waals surface area contributed by atoms with E-state index in [1.807, 2.05) is 0 Å². The summed E-state index contributed by atoms with van der Waals surface area (Å²) in [5, 5.41) is 9.97. The fraction of sp³-hybridized carbons (Fsp3) is 1.00. The van der Waals surface area contributed by atoms with Crippen LogP contribution in [-0.2, 0) is 0 Å². The quantitative estimate of drug-likeness (QED) is 0.842. The molecule has 3 fully saturated rings. The van der Waals surface area contributed by atoms with Crippen molar-refractivity contribution < 1.29 is 5.11 Å². The summed E-state index contributed by atoms with van der Waals surface area (Å²) in [6.45, 7) is 6.51. The Bertz CT molecular complexity index is 316. The van der Waals surface area contributed by atoms with E-state index in [1.165, 1.54) is 83.7 Å². The second-order valence-corrected chi connectivity index (χ2v) is 8.68. The molecule has 2 aliphatic carbocycles. The number of hydrogen-bond donors (Lipinski definition) is 1. The van der Waals surface area contributed by atoms with Crippen molar-refractivity contribution in [2.24, 2.45) is 16.7 Å². The van der Waals surface area contributed by atoms with Gasteiger partial charge in [0.2, 0.25) is 0 Å². The fourth-order valence-corrected chi connectivity index (χ4v) is 5.20. The van der Waals surface area contributed by atoms with E-state index in [1.54, 1.807) is 0 Å². The van der Waals surface area contributed by atoms with Crippen molar-refractivity contribution in [3.63, 3.8) is 0 Å². The minimum Gasteiger partial charge on any atom is -0.396 e. The summed E-state index contributed by atoms with van der Waals surface area (Å²) in [7, 11) is 0. The van der Waals surface area contributed by atoms with E-state index in [0.717, 1.165) is 12.5 Å². The highest BCUT2D eigenvalue weighted by Gasteiger charge is 2.39. The monoisotopic (exact) mass is 293 g/mol. The zero-order valence-electron chi connectivity index (χ0n) is 14.1. The lowest BCUT2D eigenvalue weighted by Gasteiger charge is -2.48. The summed E-state index contributed by atoms with van der Waals surface area (Å²) in [6, 6.07) is 0. The van der Waals surface area contributed by atoms with Crippen molar-refractivity contribution in [1.29, 1.82) is 0 Å². The number of piperidine rings is 1. The molecular weight excluding hydrogens is 258 g/mol. The molecule has 1 spiro atoms. The van der Waals surface area contributed by atoms with Crippen LogP contribution in [0.4, 0.5) is 0 Å². The Labute approximate surface area is 131 Å². The van der Waals surface area contributed by atoms with Crippen LogP contribution in [0.15, 0.2) is 0 Å². The second-order valence-electron chi connectivity index (χ2n) is 8.68. The largest absolute Gasteiger partial charge is 0.396 e. The van der Waals surface area contributed by atoms with E-state index in [-0.39, 0.29) is 5.41 Å². The highest BCUT2D eigenvalue weighted by atomic mass is 16.3. The van der Waals surface area contributed by atoms with E-state index in [2.05, 4.69) is 11.8 Å². The van der Waals surface area contributed by atoms with E-state index >= 15 is 0 Å². The molecule has 0 aromatic heterocycles. The van der Waals surface area contributed by atoms with E-state index in [0.29, 0.717) is 12.0 Å². The van der Waals surface area contributed by atoms with Crippen LogP contribution in [0.2, 0.25) is 0 Å². The van der Waals surface area contributed by atoms with Gasteiger partial charge in [-0.3, -0.25) is 0 Å². The first-order chi connectivity index (χ1) is 10.2. The first-order valence-electron chi connectivity index (χ1n) is 9.49. The maximum Gasteiger partial charge on any atom is 0.0499 e. The third-order valence-electron chi connectivity index (χ3n) is 7.06. The van der Waals surface area contributed by atoms with Crippen LogP contribution < -0.4 is 0 Å². The Morgan fingerprint density at radius 2 is 1.52 bits per heavy atom. The average molecular weight is 293 g/mol. The van der Waals surface area contributed by atoms with Crippen molar-refractivity contribution in [2.45, 2.75) is 77.6 Å². The Kier molecular flexibility index (Phi) is 4.95.